The molecule has 2 aromatic rings. The topological polar surface area (TPSA) is 95.4 Å². The molecular formula is C12H11ClN2O3S. The molecule has 100 valence electrons. The van der Waals surface area contributed by atoms with Crippen molar-refractivity contribution < 1.29 is 12.6 Å². The molecule has 2 rings (SSSR count). The fourth-order valence-corrected chi connectivity index (χ4v) is 2.54. The summed E-state index contributed by atoms with van der Waals surface area (Å²) in [5, 5.41) is 0.379. The van der Waals surface area contributed by atoms with Crippen LogP contribution >= 0.6 is 11.6 Å². The van der Waals surface area contributed by atoms with Crippen LogP contribution in [0, 0.1) is 0 Å². The van der Waals surface area contributed by atoms with E-state index in [1.165, 1.54) is 30.3 Å². The van der Waals surface area contributed by atoms with Crippen LogP contribution in [0.2, 0.25) is 5.02 Å². The van der Waals surface area contributed by atoms with Crippen LogP contribution in [0.3, 0.4) is 0 Å². The summed E-state index contributed by atoms with van der Waals surface area (Å²) in [7, 11) is -3.96. The second-order valence-electron chi connectivity index (χ2n) is 3.79. The van der Waals surface area contributed by atoms with Crippen LogP contribution in [0.1, 0.15) is 0 Å². The van der Waals surface area contributed by atoms with Gasteiger partial charge in [-0.15, -0.1) is 0 Å². The van der Waals surface area contributed by atoms with E-state index in [0.29, 0.717) is 10.7 Å². The van der Waals surface area contributed by atoms with Crippen molar-refractivity contribution in [3.05, 3.63) is 47.5 Å². The van der Waals surface area contributed by atoms with E-state index in [1.54, 1.807) is 12.1 Å². The normalized spacial score (nSPS) is 11.2. The minimum absolute atomic E-state index is 0.0702. The molecule has 0 saturated heterocycles. The summed E-state index contributed by atoms with van der Waals surface area (Å²) in [5.41, 5.74) is 11.6. The Bertz CT molecular complexity index is 717. The summed E-state index contributed by atoms with van der Waals surface area (Å²) in [5.74, 6) is 0.128. The lowest BCUT2D eigenvalue weighted by Crippen LogP contribution is -2.10. The first-order valence-corrected chi connectivity index (χ1v) is 7.02. The lowest BCUT2D eigenvalue weighted by Gasteiger charge is -2.08. The van der Waals surface area contributed by atoms with Gasteiger partial charge in [0.1, 0.15) is 10.6 Å². The zero-order chi connectivity index (χ0) is 14.0. The molecule has 0 bridgehead atoms. The van der Waals surface area contributed by atoms with Crippen molar-refractivity contribution in [1.82, 2.24) is 0 Å². The number of nitrogen functional groups attached to an aromatic ring is 2. The van der Waals surface area contributed by atoms with Crippen LogP contribution in [0.4, 0.5) is 11.4 Å². The summed E-state index contributed by atoms with van der Waals surface area (Å²) in [6, 6.07) is 10.1. The molecule has 0 heterocycles. The molecule has 0 aliphatic heterocycles. The molecule has 2 aromatic carbocycles. The lowest BCUT2D eigenvalue weighted by molar-refractivity contribution is 0.486. The van der Waals surface area contributed by atoms with Crippen molar-refractivity contribution in [2.75, 3.05) is 11.5 Å². The van der Waals surface area contributed by atoms with Gasteiger partial charge in [0, 0.05) is 11.1 Å². The maximum absolute atomic E-state index is 12.0. The molecule has 4 N–H and O–H groups in total. The van der Waals surface area contributed by atoms with E-state index < -0.39 is 10.1 Å². The highest BCUT2D eigenvalue weighted by molar-refractivity contribution is 7.87. The van der Waals surface area contributed by atoms with E-state index in [4.69, 9.17) is 27.3 Å². The van der Waals surface area contributed by atoms with Crippen molar-refractivity contribution >= 4 is 33.1 Å². The van der Waals surface area contributed by atoms with E-state index in [2.05, 4.69) is 0 Å². The van der Waals surface area contributed by atoms with Gasteiger partial charge in [-0.2, -0.15) is 8.42 Å². The molecule has 19 heavy (non-hydrogen) atoms. The number of benzene rings is 2. The summed E-state index contributed by atoms with van der Waals surface area (Å²) < 4.78 is 29.0. The third-order valence-electron chi connectivity index (χ3n) is 2.35. The van der Waals surface area contributed by atoms with Gasteiger partial charge in [0.2, 0.25) is 0 Å². The second-order valence-corrected chi connectivity index (χ2v) is 5.77. The third-order valence-corrected chi connectivity index (χ3v) is 3.83. The molecule has 0 aliphatic carbocycles. The molecule has 0 amide bonds. The van der Waals surface area contributed by atoms with Gasteiger partial charge in [-0.1, -0.05) is 17.7 Å². The van der Waals surface area contributed by atoms with E-state index in [-0.39, 0.29) is 16.3 Å². The third kappa shape index (κ3) is 3.10. The number of halogens is 1. The first-order valence-electron chi connectivity index (χ1n) is 5.23. The molecule has 0 aliphatic rings. The minimum atomic E-state index is -3.96. The molecule has 0 unspecified atom stereocenters. The van der Waals surface area contributed by atoms with Gasteiger partial charge in [-0.05, 0) is 30.3 Å². The Hall–Kier alpha value is -1.92. The summed E-state index contributed by atoms with van der Waals surface area (Å²) >= 11 is 5.75. The van der Waals surface area contributed by atoms with Crippen molar-refractivity contribution in [2.45, 2.75) is 4.90 Å². The highest BCUT2D eigenvalue weighted by atomic mass is 35.5. The van der Waals surface area contributed by atoms with Crippen LogP contribution in [0.15, 0.2) is 47.4 Å². The molecular weight excluding hydrogens is 288 g/mol. The van der Waals surface area contributed by atoms with E-state index in [9.17, 15) is 8.42 Å². The van der Waals surface area contributed by atoms with Crippen LogP contribution < -0.4 is 15.7 Å². The van der Waals surface area contributed by atoms with Crippen molar-refractivity contribution in [3.8, 4) is 5.75 Å². The minimum Gasteiger partial charge on any atom is -0.397 e. The molecule has 5 nitrogen and oxygen atoms in total. The Morgan fingerprint density at radius 1 is 1.00 bits per heavy atom. The highest BCUT2D eigenvalue weighted by Crippen LogP contribution is 2.24. The fraction of sp³-hybridized carbons (Fsp3) is 0. The number of hydrogen-bond acceptors (Lipinski definition) is 5. The zero-order valence-electron chi connectivity index (χ0n) is 9.71. The Morgan fingerprint density at radius 3 is 2.37 bits per heavy atom. The van der Waals surface area contributed by atoms with E-state index in [1.807, 2.05) is 0 Å². The van der Waals surface area contributed by atoms with Gasteiger partial charge >= 0.3 is 10.1 Å². The average molecular weight is 299 g/mol. The Kier molecular flexibility index (Phi) is 3.55. The van der Waals surface area contributed by atoms with Gasteiger partial charge in [-0.3, -0.25) is 0 Å². The van der Waals surface area contributed by atoms with Crippen LogP contribution in [0.5, 0.6) is 5.75 Å². The molecule has 0 aromatic heterocycles. The van der Waals surface area contributed by atoms with Gasteiger partial charge in [0.25, 0.3) is 0 Å². The molecule has 0 radical (unpaired) electrons. The number of nitrogens with two attached hydrogens (primary N) is 2. The monoisotopic (exact) mass is 298 g/mol. The number of anilines is 2. The maximum Gasteiger partial charge on any atom is 0.339 e. The highest BCUT2D eigenvalue weighted by Gasteiger charge is 2.17. The predicted octanol–water partition coefficient (Wildman–Crippen LogP) is 2.27. The molecule has 7 heteroatoms. The van der Waals surface area contributed by atoms with E-state index in [0.717, 1.165) is 0 Å². The lowest BCUT2D eigenvalue weighted by atomic mass is 10.3. The predicted molar refractivity (Wildman–Crippen MR) is 74.5 cm³/mol. The standard InChI is InChI=1S/C12H11ClN2O3S/c13-8-2-1-3-9(6-8)18-19(16,17)10-4-5-11(14)12(15)7-10/h1-7H,14-15H2. The van der Waals surface area contributed by atoms with Crippen molar-refractivity contribution in [3.63, 3.8) is 0 Å². The fourth-order valence-electron chi connectivity index (χ4n) is 1.40. The molecule has 0 atom stereocenters. The average Bonchev–Trinajstić information content (AvgIpc) is 2.32. The van der Waals surface area contributed by atoms with Gasteiger partial charge in [0.05, 0.1) is 11.4 Å². The second kappa shape index (κ2) is 4.99. The first-order chi connectivity index (χ1) is 8.88. The number of hydrogen-bond donors (Lipinski definition) is 2. The Morgan fingerprint density at radius 2 is 1.74 bits per heavy atom. The van der Waals surface area contributed by atoms with Crippen molar-refractivity contribution in [2.24, 2.45) is 0 Å². The van der Waals surface area contributed by atoms with Gasteiger partial charge < -0.3 is 15.7 Å². The van der Waals surface area contributed by atoms with E-state index >= 15 is 0 Å². The van der Waals surface area contributed by atoms with Gasteiger partial charge in [-0.25, -0.2) is 0 Å². The van der Waals surface area contributed by atoms with Crippen LogP contribution in [-0.4, -0.2) is 8.42 Å². The smallest absolute Gasteiger partial charge is 0.339 e. The maximum atomic E-state index is 12.0. The Balaban J connectivity index is 2.35. The number of rotatable bonds is 3. The Labute approximate surface area is 115 Å². The first kappa shape index (κ1) is 13.5. The van der Waals surface area contributed by atoms with Gasteiger partial charge in [0.15, 0.2) is 0 Å². The summed E-state index contributed by atoms with van der Waals surface area (Å²) in [4.78, 5) is -0.0702. The quantitative estimate of drug-likeness (QED) is 0.669. The van der Waals surface area contributed by atoms with Crippen LogP contribution in [0.25, 0.3) is 0 Å². The molecule has 0 fully saturated rings. The zero-order valence-corrected chi connectivity index (χ0v) is 11.3. The molecule has 0 saturated carbocycles. The molecule has 0 spiro atoms. The SMILES string of the molecule is Nc1ccc(S(=O)(=O)Oc2cccc(Cl)c2)cc1N. The summed E-state index contributed by atoms with van der Waals surface area (Å²) in [6.45, 7) is 0. The largest absolute Gasteiger partial charge is 0.397 e. The van der Waals surface area contributed by atoms with Crippen LogP contribution in [-0.2, 0) is 10.1 Å². The summed E-state index contributed by atoms with van der Waals surface area (Å²) in [6.07, 6.45) is 0. The van der Waals surface area contributed by atoms with Crippen molar-refractivity contribution in [1.29, 1.82) is 0 Å².